The Hall–Kier alpha value is -2.11. The summed E-state index contributed by atoms with van der Waals surface area (Å²) in [5.41, 5.74) is 0.557. The van der Waals surface area contributed by atoms with Gasteiger partial charge < -0.3 is 14.6 Å². The summed E-state index contributed by atoms with van der Waals surface area (Å²) in [6, 6.07) is 5.33. The highest BCUT2D eigenvalue weighted by atomic mass is 16.4. The van der Waals surface area contributed by atoms with Gasteiger partial charge in [0.15, 0.2) is 0 Å². The minimum absolute atomic E-state index is 0.0243. The van der Waals surface area contributed by atoms with Gasteiger partial charge in [-0.3, -0.25) is 14.4 Å². The number of likely N-dealkylation sites (tertiary alicyclic amines) is 1. The molecule has 2 fully saturated rings. The summed E-state index contributed by atoms with van der Waals surface area (Å²) in [5, 5.41) is 9.32. The second kappa shape index (κ2) is 4.94. The Morgan fingerprint density at radius 1 is 1.17 bits per heavy atom. The number of hydrogen-bond donors (Lipinski definition) is 1. The van der Waals surface area contributed by atoms with Gasteiger partial charge >= 0.3 is 5.97 Å². The Morgan fingerprint density at radius 3 is 2.58 bits per heavy atom. The number of nitrogens with zero attached hydrogens (tertiary/aromatic N) is 2. The molecule has 1 amide bonds. The van der Waals surface area contributed by atoms with Gasteiger partial charge in [-0.25, -0.2) is 0 Å². The smallest absolute Gasteiger partial charge is 0.307 e. The monoisotopic (exact) mass is 330 g/mol. The molecule has 2 unspecified atom stereocenters. The third-order valence-corrected chi connectivity index (χ3v) is 6.15. The van der Waals surface area contributed by atoms with Crippen molar-refractivity contribution in [2.45, 2.75) is 32.7 Å². The van der Waals surface area contributed by atoms with Crippen LogP contribution in [-0.4, -0.2) is 39.5 Å². The Balaban J connectivity index is 1.58. The summed E-state index contributed by atoms with van der Waals surface area (Å²) >= 11 is 0. The van der Waals surface area contributed by atoms with Gasteiger partial charge in [0.2, 0.25) is 5.91 Å². The van der Waals surface area contributed by atoms with Gasteiger partial charge in [-0.1, -0.05) is 19.9 Å². The molecule has 3 aliphatic rings. The molecule has 3 heterocycles. The zero-order chi connectivity index (χ0) is 17.2. The zero-order valence-electron chi connectivity index (χ0n) is 13.9. The van der Waals surface area contributed by atoms with Crippen LogP contribution in [0.3, 0.4) is 0 Å². The van der Waals surface area contributed by atoms with E-state index >= 15 is 0 Å². The fourth-order valence-electron chi connectivity index (χ4n) is 4.83. The topological polar surface area (TPSA) is 79.6 Å². The fourth-order valence-corrected chi connectivity index (χ4v) is 4.83. The summed E-state index contributed by atoms with van der Waals surface area (Å²) < 4.78 is 1.84. The van der Waals surface area contributed by atoms with Gasteiger partial charge in [-0.05, 0) is 23.8 Å². The third kappa shape index (κ3) is 2.12. The van der Waals surface area contributed by atoms with E-state index in [4.69, 9.17) is 0 Å². The van der Waals surface area contributed by atoms with Gasteiger partial charge in [0.05, 0.1) is 11.8 Å². The van der Waals surface area contributed by atoms with E-state index in [-0.39, 0.29) is 23.3 Å². The van der Waals surface area contributed by atoms with Crippen molar-refractivity contribution in [3.63, 3.8) is 0 Å². The van der Waals surface area contributed by atoms with Crippen LogP contribution >= 0.6 is 0 Å². The SMILES string of the molecule is CC1(C)C(C(=O)O)C1C(=O)N1C[C@H]2C[C@H](C1)c1cccc(=O)n1C2. The molecule has 6 heteroatoms. The highest BCUT2D eigenvalue weighted by molar-refractivity contribution is 5.91. The summed E-state index contributed by atoms with van der Waals surface area (Å²) in [5.74, 6) is -1.49. The van der Waals surface area contributed by atoms with Crippen LogP contribution < -0.4 is 5.56 Å². The van der Waals surface area contributed by atoms with Crippen molar-refractivity contribution >= 4 is 11.9 Å². The standard InChI is InChI=1S/C18H22N2O4/c1-18(2)14(15(18)17(23)24)16(22)19-7-10-6-11(9-19)12-4-3-5-13(21)20(12)8-10/h3-5,10-11,14-15H,6-9H2,1-2H3,(H,23,24)/t10-,11-,14?,15?/m1/s1. The molecule has 2 aliphatic heterocycles. The van der Waals surface area contributed by atoms with Crippen molar-refractivity contribution in [3.8, 4) is 0 Å². The minimum atomic E-state index is -0.882. The first-order valence-corrected chi connectivity index (χ1v) is 8.52. The molecular formula is C18H22N2O4. The average molecular weight is 330 g/mol. The summed E-state index contributed by atoms with van der Waals surface area (Å²) in [6.45, 7) is 5.56. The number of carbonyl (C=O) groups is 2. The highest BCUT2D eigenvalue weighted by Crippen LogP contribution is 2.59. The Morgan fingerprint density at radius 2 is 1.92 bits per heavy atom. The number of pyridine rings is 1. The number of amides is 1. The first kappa shape index (κ1) is 15.4. The number of carboxylic acid groups (broad SMARTS) is 1. The van der Waals surface area contributed by atoms with E-state index in [1.165, 1.54) is 0 Å². The van der Waals surface area contributed by atoms with Crippen LogP contribution in [0, 0.1) is 23.2 Å². The van der Waals surface area contributed by atoms with Crippen molar-refractivity contribution in [2.24, 2.45) is 23.2 Å². The van der Waals surface area contributed by atoms with Crippen LogP contribution in [0.4, 0.5) is 0 Å². The molecule has 24 heavy (non-hydrogen) atoms. The van der Waals surface area contributed by atoms with Crippen LogP contribution in [-0.2, 0) is 16.1 Å². The molecule has 2 bridgehead atoms. The van der Waals surface area contributed by atoms with Gasteiger partial charge in [0.1, 0.15) is 0 Å². The third-order valence-electron chi connectivity index (χ3n) is 6.15. The molecule has 1 N–H and O–H groups in total. The Kier molecular flexibility index (Phi) is 3.18. The van der Waals surface area contributed by atoms with Crippen molar-refractivity contribution in [2.75, 3.05) is 13.1 Å². The van der Waals surface area contributed by atoms with Crippen LogP contribution in [0.1, 0.15) is 31.9 Å². The molecule has 1 aliphatic carbocycles. The van der Waals surface area contributed by atoms with E-state index in [0.29, 0.717) is 19.6 Å². The van der Waals surface area contributed by atoms with Crippen molar-refractivity contribution in [3.05, 3.63) is 34.2 Å². The molecule has 6 nitrogen and oxygen atoms in total. The van der Waals surface area contributed by atoms with Crippen molar-refractivity contribution in [1.29, 1.82) is 0 Å². The summed E-state index contributed by atoms with van der Waals surface area (Å²) in [6.07, 6.45) is 0.990. The Labute approximate surface area is 140 Å². The molecule has 0 radical (unpaired) electrons. The summed E-state index contributed by atoms with van der Waals surface area (Å²) in [7, 11) is 0. The van der Waals surface area contributed by atoms with E-state index in [9.17, 15) is 19.5 Å². The number of aromatic nitrogens is 1. The minimum Gasteiger partial charge on any atom is -0.481 e. The molecule has 1 saturated heterocycles. The van der Waals surface area contributed by atoms with Crippen LogP contribution in [0.25, 0.3) is 0 Å². The number of carboxylic acids is 1. The largest absolute Gasteiger partial charge is 0.481 e. The molecule has 4 rings (SSSR count). The van der Waals surface area contributed by atoms with E-state index < -0.39 is 23.2 Å². The summed E-state index contributed by atoms with van der Waals surface area (Å²) in [4.78, 5) is 38.1. The van der Waals surface area contributed by atoms with E-state index in [1.807, 2.05) is 29.4 Å². The fraction of sp³-hybridized carbons (Fsp3) is 0.611. The van der Waals surface area contributed by atoms with Gasteiger partial charge in [0, 0.05) is 37.3 Å². The molecule has 1 saturated carbocycles. The maximum Gasteiger partial charge on any atom is 0.307 e. The lowest BCUT2D eigenvalue weighted by Crippen LogP contribution is -2.49. The average Bonchev–Trinajstić information content (AvgIpc) is 3.10. The number of carbonyl (C=O) groups excluding carboxylic acids is 1. The van der Waals surface area contributed by atoms with Crippen LogP contribution in [0.2, 0.25) is 0 Å². The molecule has 1 aromatic rings. The first-order valence-electron chi connectivity index (χ1n) is 8.52. The van der Waals surface area contributed by atoms with E-state index in [1.54, 1.807) is 12.1 Å². The molecule has 0 aromatic carbocycles. The second-order valence-corrected chi connectivity index (χ2v) is 8.06. The van der Waals surface area contributed by atoms with Gasteiger partial charge in [0.25, 0.3) is 5.56 Å². The Bertz CT molecular complexity index is 781. The van der Waals surface area contributed by atoms with Gasteiger partial charge in [-0.15, -0.1) is 0 Å². The number of piperidine rings is 1. The quantitative estimate of drug-likeness (QED) is 0.882. The maximum absolute atomic E-state index is 12.9. The normalized spacial score (nSPS) is 32.8. The van der Waals surface area contributed by atoms with Gasteiger partial charge in [-0.2, -0.15) is 0 Å². The van der Waals surface area contributed by atoms with E-state index in [0.717, 1.165) is 12.1 Å². The molecule has 128 valence electrons. The van der Waals surface area contributed by atoms with Crippen LogP contribution in [0.15, 0.2) is 23.0 Å². The van der Waals surface area contributed by atoms with Crippen molar-refractivity contribution in [1.82, 2.24) is 9.47 Å². The molecule has 4 atom stereocenters. The van der Waals surface area contributed by atoms with Crippen molar-refractivity contribution < 1.29 is 14.7 Å². The predicted octanol–water partition coefficient (Wildman–Crippen LogP) is 1.15. The number of fused-ring (bicyclic) bond motifs is 4. The number of hydrogen-bond acceptors (Lipinski definition) is 3. The van der Waals surface area contributed by atoms with Crippen LogP contribution in [0.5, 0.6) is 0 Å². The molecule has 1 aromatic heterocycles. The molecular weight excluding hydrogens is 308 g/mol. The zero-order valence-corrected chi connectivity index (χ0v) is 13.9. The predicted molar refractivity (Wildman–Crippen MR) is 86.5 cm³/mol. The van der Waals surface area contributed by atoms with E-state index in [2.05, 4.69) is 0 Å². The lowest BCUT2D eigenvalue weighted by Gasteiger charge is -2.43. The number of rotatable bonds is 2. The lowest BCUT2D eigenvalue weighted by molar-refractivity contribution is -0.142. The molecule has 0 spiro atoms. The number of aliphatic carboxylic acids is 1. The highest BCUT2D eigenvalue weighted by Gasteiger charge is 2.66. The maximum atomic E-state index is 12.9. The first-order chi connectivity index (χ1) is 11.3. The second-order valence-electron chi connectivity index (χ2n) is 8.06. The lowest BCUT2D eigenvalue weighted by atomic mass is 9.83.